The molecule has 144 valence electrons. The number of halogens is 1. The minimum atomic E-state index is -1.16. The van der Waals surface area contributed by atoms with Crippen molar-refractivity contribution < 1.29 is 19.1 Å². The van der Waals surface area contributed by atoms with Gasteiger partial charge in [0.1, 0.15) is 5.69 Å². The van der Waals surface area contributed by atoms with Crippen molar-refractivity contribution in [1.29, 1.82) is 0 Å². The average molecular weight is 402 g/mol. The number of rotatable bonds is 2. The highest BCUT2D eigenvalue weighted by Gasteiger charge is 2.32. The van der Waals surface area contributed by atoms with Crippen LogP contribution in [0.5, 0.6) is 0 Å². The van der Waals surface area contributed by atoms with E-state index in [2.05, 4.69) is 9.84 Å². The molecule has 3 aromatic rings. The van der Waals surface area contributed by atoms with Gasteiger partial charge in [0, 0.05) is 25.0 Å². The van der Waals surface area contributed by atoms with Crippen LogP contribution in [0.3, 0.4) is 0 Å². The van der Waals surface area contributed by atoms with Crippen LogP contribution < -0.4 is 5.73 Å². The number of pyridine rings is 1. The molecule has 1 atom stereocenters. The largest absolute Gasteiger partial charge is 0.412 e. The lowest BCUT2D eigenvalue weighted by Crippen LogP contribution is -2.41. The number of carbonyl (C=O) groups is 3. The lowest BCUT2D eigenvalue weighted by molar-refractivity contribution is 0.0604. The normalized spacial score (nSPS) is 16.1. The molecule has 28 heavy (non-hydrogen) atoms. The Hall–Kier alpha value is -3.33. The third-order valence-corrected chi connectivity index (χ3v) is 5.00. The third kappa shape index (κ3) is 2.99. The number of nitrogens with two attached hydrogens (primary N) is 1. The van der Waals surface area contributed by atoms with Gasteiger partial charge in [-0.3, -0.25) is 4.79 Å². The predicted octanol–water partition coefficient (Wildman–Crippen LogP) is 2.24. The first kappa shape index (κ1) is 18.1. The number of hydrogen-bond acceptors (Lipinski definition) is 5. The van der Waals surface area contributed by atoms with E-state index in [0.29, 0.717) is 23.8 Å². The maximum absolute atomic E-state index is 13.0. The van der Waals surface area contributed by atoms with Crippen LogP contribution in [0.25, 0.3) is 5.52 Å². The topological polar surface area (TPSA) is 112 Å². The minimum absolute atomic E-state index is 0.218. The van der Waals surface area contributed by atoms with E-state index in [-0.39, 0.29) is 17.6 Å². The van der Waals surface area contributed by atoms with Crippen molar-refractivity contribution in [2.24, 2.45) is 5.73 Å². The lowest BCUT2D eigenvalue weighted by atomic mass is 10.1. The molecule has 2 N–H and O–H groups in total. The monoisotopic (exact) mass is 401 g/mol. The SMILES string of the molecule is CC1c2ccc(C(=O)OC(N)=O)n2CCN1C(=O)c1cc2ccc(Cl)cn2n1. The molecule has 0 radical (unpaired) electrons. The van der Waals surface area contributed by atoms with Crippen LogP contribution in [-0.4, -0.2) is 43.6 Å². The van der Waals surface area contributed by atoms with E-state index in [1.54, 1.807) is 50.5 Å². The summed E-state index contributed by atoms with van der Waals surface area (Å²) in [6.45, 7) is 2.60. The number of amides is 2. The van der Waals surface area contributed by atoms with Crippen molar-refractivity contribution in [2.45, 2.75) is 19.5 Å². The fourth-order valence-corrected chi connectivity index (χ4v) is 3.63. The summed E-state index contributed by atoms with van der Waals surface area (Å²) in [5.74, 6) is -1.04. The van der Waals surface area contributed by atoms with Gasteiger partial charge in [-0.1, -0.05) is 11.6 Å². The molecular formula is C18H16ClN5O4. The number of primary amides is 1. The Morgan fingerprint density at radius 3 is 2.75 bits per heavy atom. The number of fused-ring (bicyclic) bond motifs is 2. The van der Waals surface area contributed by atoms with Crippen LogP contribution >= 0.6 is 11.6 Å². The molecular weight excluding hydrogens is 386 g/mol. The van der Waals surface area contributed by atoms with Gasteiger partial charge in [0.25, 0.3) is 5.91 Å². The van der Waals surface area contributed by atoms with Gasteiger partial charge in [0.2, 0.25) is 0 Å². The minimum Gasteiger partial charge on any atom is -0.372 e. The smallest absolute Gasteiger partial charge is 0.372 e. The summed E-state index contributed by atoms with van der Waals surface area (Å²) in [7, 11) is 0. The van der Waals surface area contributed by atoms with Crippen molar-refractivity contribution in [3.63, 3.8) is 0 Å². The Bertz CT molecular complexity index is 1120. The molecule has 0 fully saturated rings. The molecule has 10 heteroatoms. The van der Waals surface area contributed by atoms with Gasteiger partial charge < -0.3 is 19.9 Å². The highest BCUT2D eigenvalue weighted by atomic mass is 35.5. The summed E-state index contributed by atoms with van der Waals surface area (Å²) in [4.78, 5) is 37.5. The number of aromatic nitrogens is 3. The molecule has 0 saturated carbocycles. The van der Waals surface area contributed by atoms with E-state index in [1.807, 2.05) is 6.92 Å². The van der Waals surface area contributed by atoms with E-state index < -0.39 is 12.1 Å². The van der Waals surface area contributed by atoms with Crippen LogP contribution in [0, 0.1) is 0 Å². The molecule has 1 unspecified atom stereocenters. The van der Waals surface area contributed by atoms with Crippen molar-refractivity contribution in [3.05, 3.63) is 58.6 Å². The quantitative estimate of drug-likeness (QED) is 0.522. The van der Waals surface area contributed by atoms with E-state index in [4.69, 9.17) is 17.3 Å². The van der Waals surface area contributed by atoms with Gasteiger partial charge in [-0.05, 0) is 37.3 Å². The van der Waals surface area contributed by atoms with Crippen LogP contribution in [0.1, 0.15) is 39.6 Å². The second-order valence-electron chi connectivity index (χ2n) is 6.42. The highest BCUT2D eigenvalue weighted by molar-refractivity contribution is 6.30. The van der Waals surface area contributed by atoms with Crippen molar-refractivity contribution in [2.75, 3.05) is 6.54 Å². The molecule has 1 aliphatic rings. The van der Waals surface area contributed by atoms with Gasteiger partial charge in [0.05, 0.1) is 16.6 Å². The van der Waals surface area contributed by atoms with Gasteiger partial charge in [-0.2, -0.15) is 5.10 Å². The van der Waals surface area contributed by atoms with Gasteiger partial charge in [-0.15, -0.1) is 0 Å². The summed E-state index contributed by atoms with van der Waals surface area (Å²) in [5, 5.41) is 4.84. The van der Waals surface area contributed by atoms with Crippen molar-refractivity contribution in [1.82, 2.24) is 19.1 Å². The number of esters is 1. The van der Waals surface area contributed by atoms with Crippen molar-refractivity contribution >= 4 is 35.1 Å². The maximum Gasteiger partial charge on any atom is 0.412 e. The Kier molecular flexibility index (Phi) is 4.31. The van der Waals surface area contributed by atoms with Gasteiger partial charge in [-0.25, -0.2) is 14.1 Å². The lowest BCUT2D eigenvalue weighted by Gasteiger charge is -2.35. The second-order valence-corrected chi connectivity index (χ2v) is 6.86. The molecule has 3 aromatic heterocycles. The molecule has 0 bridgehead atoms. The van der Waals surface area contributed by atoms with E-state index in [1.165, 1.54) is 0 Å². The van der Waals surface area contributed by atoms with Gasteiger partial charge >= 0.3 is 12.1 Å². The highest BCUT2D eigenvalue weighted by Crippen LogP contribution is 2.29. The molecule has 0 saturated heterocycles. The zero-order chi connectivity index (χ0) is 20.0. The first-order chi connectivity index (χ1) is 13.3. The standard InChI is InChI=1S/C18H16ClN5O4/c1-10-14-4-5-15(17(26)28-18(20)27)23(14)7-6-22(10)16(25)13-8-12-3-2-11(19)9-24(12)21-13/h2-5,8-10H,6-7H2,1H3,(H2,20,27). The molecule has 9 nitrogen and oxygen atoms in total. The molecule has 2 amide bonds. The Morgan fingerprint density at radius 1 is 1.21 bits per heavy atom. The molecule has 1 aliphatic heterocycles. The predicted molar refractivity (Wildman–Crippen MR) is 99.1 cm³/mol. The third-order valence-electron chi connectivity index (χ3n) is 4.78. The fourth-order valence-electron chi connectivity index (χ4n) is 3.47. The summed E-state index contributed by atoms with van der Waals surface area (Å²) in [6.07, 6.45) is 0.475. The van der Waals surface area contributed by atoms with Crippen LogP contribution in [-0.2, 0) is 11.3 Å². The zero-order valence-electron chi connectivity index (χ0n) is 14.8. The molecule has 4 heterocycles. The second kappa shape index (κ2) is 6.68. The molecule has 0 aromatic carbocycles. The molecule has 0 aliphatic carbocycles. The van der Waals surface area contributed by atoms with Crippen LogP contribution in [0.2, 0.25) is 5.02 Å². The van der Waals surface area contributed by atoms with E-state index in [9.17, 15) is 14.4 Å². The van der Waals surface area contributed by atoms with E-state index in [0.717, 1.165) is 11.2 Å². The summed E-state index contributed by atoms with van der Waals surface area (Å²) < 4.78 is 7.74. The Morgan fingerprint density at radius 2 is 2.00 bits per heavy atom. The Balaban J connectivity index is 1.61. The van der Waals surface area contributed by atoms with Crippen LogP contribution in [0.15, 0.2) is 36.5 Å². The molecule has 4 rings (SSSR count). The average Bonchev–Trinajstić information content (AvgIpc) is 3.25. The zero-order valence-corrected chi connectivity index (χ0v) is 15.6. The molecule has 0 spiro atoms. The van der Waals surface area contributed by atoms with Crippen LogP contribution in [0.4, 0.5) is 4.79 Å². The number of hydrogen-bond donors (Lipinski definition) is 1. The fraction of sp³-hybridized carbons (Fsp3) is 0.222. The summed E-state index contributed by atoms with van der Waals surface area (Å²) in [5.41, 5.74) is 6.95. The van der Waals surface area contributed by atoms with Crippen molar-refractivity contribution in [3.8, 4) is 0 Å². The first-order valence-corrected chi connectivity index (χ1v) is 8.90. The van der Waals surface area contributed by atoms with E-state index >= 15 is 0 Å². The number of carbonyl (C=O) groups excluding carboxylic acids is 3. The van der Waals surface area contributed by atoms with Gasteiger partial charge in [0.15, 0.2) is 5.69 Å². The maximum atomic E-state index is 13.0. The Labute approximate surface area is 164 Å². The first-order valence-electron chi connectivity index (χ1n) is 8.52. The summed E-state index contributed by atoms with van der Waals surface area (Å²) >= 11 is 5.97. The summed E-state index contributed by atoms with van der Waals surface area (Å²) in [6, 6.07) is 8.20. The number of ether oxygens (including phenoxy) is 1. The number of nitrogens with zero attached hydrogens (tertiary/aromatic N) is 4.